The van der Waals surface area contributed by atoms with Crippen LogP contribution in [0.15, 0.2) is 0 Å². The van der Waals surface area contributed by atoms with Gasteiger partial charge in [-0.2, -0.15) is 0 Å². The van der Waals surface area contributed by atoms with Gasteiger partial charge in [0.1, 0.15) is 0 Å². The molecule has 0 heterocycles. The lowest BCUT2D eigenvalue weighted by atomic mass is 10.0. The van der Waals surface area contributed by atoms with Gasteiger partial charge in [-0.1, -0.05) is 103 Å². The lowest BCUT2D eigenvalue weighted by Crippen LogP contribution is -2.07. The monoisotopic (exact) mass is 370 g/mol. The largest absolute Gasteiger partial charge is 0.381 e. The lowest BCUT2D eigenvalue weighted by molar-refractivity contribution is 0.0507. The molecule has 0 N–H and O–H groups in total. The van der Waals surface area contributed by atoms with E-state index >= 15 is 0 Å². The van der Waals surface area contributed by atoms with Gasteiger partial charge in [0.2, 0.25) is 0 Å². The average molecular weight is 371 g/mol. The third-order valence-corrected chi connectivity index (χ3v) is 5.03. The van der Waals surface area contributed by atoms with Crippen molar-refractivity contribution in [3.8, 4) is 0 Å². The van der Waals surface area contributed by atoms with E-state index in [0.717, 1.165) is 26.2 Å². The highest BCUT2D eigenvalue weighted by Crippen LogP contribution is 2.13. The second-order valence-corrected chi connectivity index (χ2v) is 8.19. The Morgan fingerprint density at radius 2 is 0.846 bits per heavy atom. The van der Waals surface area contributed by atoms with Crippen LogP contribution in [0.4, 0.5) is 0 Å². The smallest absolute Gasteiger partial charge is 0.0518 e. The number of rotatable bonds is 22. The van der Waals surface area contributed by atoms with Gasteiger partial charge in [-0.15, -0.1) is 0 Å². The molecule has 0 rings (SSSR count). The van der Waals surface area contributed by atoms with Gasteiger partial charge in [0.25, 0.3) is 0 Å². The molecule has 0 aliphatic carbocycles. The van der Waals surface area contributed by atoms with Crippen LogP contribution < -0.4 is 0 Å². The van der Waals surface area contributed by atoms with Crippen LogP contribution >= 0.6 is 0 Å². The molecule has 158 valence electrons. The molecule has 0 spiro atoms. The fourth-order valence-electron chi connectivity index (χ4n) is 3.33. The maximum absolute atomic E-state index is 5.65. The van der Waals surface area contributed by atoms with Crippen molar-refractivity contribution in [2.45, 2.75) is 136 Å². The van der Waals surface area contributed by atoms with Gasteiger partial charge in [0, 0.05) is 19.8 Å². The van der Waals surface area contributed by atoms with Crippen LogP contribution in [0, 0.1) is 0 Å². The molecule has 26 heavy (non-hydrogen) atoms. The average Bonchev–Trinajstić information content (AvgIpc) is 2.62. The number of ether oxygens (including phenoxy) is 2. The van der Waals surface area contributed by atoms with E-state index in [1.165, 1.54) is 103 Å². The van der Waals surface area contributed by atoms with Crippen LogP contribution in [0.2, 0.25) is 0 Å². The van der Waals surface area contributed by atoms with E-state index in [1.807, 2.05) is 0 Å². The van der Waals surface area contributed by atoms with Gasteiger partial charge < -0.3 is 9.47 Å². The van der Waals surface area contributed by atoms with Gasteiger partial charge in [-0.3, -0.25) is 0 Å². The van der Waals surface area contributed by atoms with E-state index in [9.17, 15) is 0 Å². The molecule has 2 heteroatoms. The van der Waals surface area contributed by atoms with Crippen molar-refractivity contribution in [3.05, 3.63) is 0 Å². The van der Waals surface area contributed by atoms with Crippen LogP contribution in [0.1, 0.15) is 130 Å². The molecule has 0 aromatic rings. The zero-order valence-corrected chi connectivity index (χ0v) is 18.5. The molecule has 0 aliphatic rings. The summed E-state index contributed by atoms with van der Waals surface area (Å²) in [5.74, 6) is 0. The maximum atomic E-state index is 5.65. The van der Waals surface area contributed by atoms with Crippen LogP contribution in [-0.4, -0.2) is 25.9 Å². The van der Waals surface area contributed by atoms with Crippen LogP contribution in [-0.2, 0) is 9.47 Å². The van der Waals surface area contributed by atoms with Gasteiger partial charge >= 0.3 is 0 Å². The van der Waals surface area contributed by atoms with Crippen molar-refractivity contribution in [2.75, 3.05) is 19.8 Å². The van der Waals surface area contributed by atoms with E-state index in [2.05, 4.69) is 20.8 Å². The Labute approximate surface area is 165 Å². The number of hydrogen-bond acceptors (Lipinski definition) is 2. The molecule has 0 radical (unpaired) electrons. The van der Waals surface area contributed by atoms with Crippen LogP contribution in [0.25, 0.3) is 0 Å². The highest BCUT2D eigenvalue weighted by molar-refractivity contribution is 4.50. The summed E-state index contributed by atoms with van der Waals surface area (Å²) in [5, 5.41) is 0. The predicted octanol–water partition coefficient (Wildman–Crippen LogP) is 8.08. The van der Waals surface area contributed by atoms with Crippen molar-refractivity contribution < 1.29 is 9.47 Å². The molecular formula is C24H50O2. The normalized spacial score (nSPS) is 11.5. The SMILES string of the molecule is CCCCCCCCCCCCCCCCCCOCCCOC(C)C. The summed E-state index contributed by atoms with van der Waals surface area (Å²) >= 11 is 0. The summed E-state index contributed by atoms with van der Waals surface area (Å²) < 4.78 is 11.2. The first-order valence-electron chi connectivity index (χ1n) is 12.0. The summed E-state index contributed by atoms with van der Waals surface area (Å²) in [6.45, 7) is 9.07. The molecule has 0 atom stereocenters. The van der Waals surface area contributed by atoms with E-state index < -0.39 is 0 Å². The molecule has 0 unspecified atom stereocenters. The first-order chi connectivity index (χ1) is 12.8. The highest BCUT2D eigenvalue weighted by atomic mass is 16.5. The van der Waals surface area contributed by atoms with Crippen molar-refractivity contribution in [1.29, 1.82) is 0 Å². The molecular weight excluding hydrogens is 320 g/mol. The third-order valence-electron chi connectivity index (χ3n) is 5.03. The molecule has 0 bridgehead atoms. The topological polar surface area (TPSA) is 18.5 Å². The quantitative estimate of drug-likeness (QED) is 0.179. The van der Waals surface area contributed by atoms with Crippen LogP contribution in [0.3, 0.4) is 0 Å². The first-order valence-corrected chi connectivity index (χ1v) is 12.0. The number of hydrogen-bond donors (Lipinski definition) is 0. The molecule has 0 saturated heterocycles. The summed E-state index contributed by atoms with van der Waals surface area (Å²) in [6, 6.07) is 0. The van der Waals surface area contributed by atoms with Crippen molar-refractivity contribution in [3.63, 3.8) is 0 Å². The summed E-state index contributed by atoms with van der Waals surface area (Å²) in [7, 11) is 0. The minimum Gasteiger partial charge on any atom is -0.381 e. The summed E-state index contributed by atoms with van der Waals surface area (Å²) in [4.78, 5) is 0. The molecule has 2 nitrogen and oxygen atoms in total. The van der Waals surface area contributed by atoms with Gasteiger partial charge in [0.05, 0.1) is 6.10 Å². The molecule has 0 amide bonds. The third kappa shape index (κ3) is 23.9. The predicted molar refractivity (Wildman–Crippen MR) is 116 cm³/mol. The van der Waals surface area contributed by atoms with Crippen LogP contribution in [0.5, 0.6) is 0 Å². The standard InChI is InChI=1S/C24H50O2/c1-4-5-6-7-8-9-10-11-12-13-14-15-16-17-18-19-21-25-22-20-23-26-24(2)3/h24H,4-23H2,1-3H3. The fourth-order valence-corrected chi connectivity index (χ4v) is 3.33. The zero-order valence-electron chi connectivity index (χ0n) is 18.5. The zero-order chi connectivity index (χ0) is 19.1. The van der Waals surface area contributed by atoms with E-state index in [1.54, 1.807) is 0 Å². The van der Waals surface area contributed by atoms with E-state index in [4.69, 9.17) is 9.47 Å². The molecule has 0 saturated carbocycles. The second-order valence-electron chi connectivity index (χ2n) is 8.19. The summed E-state index contributed by atoms with van der Waals surface area (Å²) in [6.07, 6.45) is 24.1. The first kappa shape index (κ1) is 25.9. The van der Waals surface area contributed by atoms with E-state index in [-0.39, 0.29) is 0 Å². The molecule has 0 aromatic carbocycles. The number of unbranched alkanes of at least 4 members (excludes halogenated alkanes) is 15. The van der Waals surface area contributed by atoms with Gasteiger partial charge in [0.15, 0.2) is 0 Å². The molecule has 0 aromatic heterocycles. The fraction of sp³-hybridized carbons (Fsp3) is 1.00. The van der Waals surface area contributed by atoms with Gasteiger partial charge in [-0.25, -0.2) is 0 Å². The Balaban J connectivity index is 2.97. The van der Waals surface area contributed by atoms with Crippen molar-refractivity contribution in [1.82, 2.24) is 0 Å². The van der Waals surface area contributed by atoms with Crippen molar-refractivity contribution in [2.24, 2.45) is 0 Å². The van der Waals surface area contributed by atoms with E-state index in [0.29, 0.717) is 6.10 Å². The Kier molecular flexibility index (Phi) is 22.9. The summed E-state index contributed by atoms with van der Waals surface area (Å²) in [5.41, 5.74) is 0. The second kappa shape index (κ2) is 23.0. The minimum absolute atomic E-state index is 0.343. The molecule has 0 aliphatic heterocycles. The van der Waals surface area contributed by atoms with Crippen molar-refractivity contribution >= 4 is 0 Å². The highest BCUT2D eigenvalue weighted by Gasteiger charge is 1.96. The Hall–Kier alpha value is -0.0800. The lowest BCUT2D eigenvalue weighted by Gasteiger charge is -2.07. The maximum Gasteiger partial charge on any atom is 0.0518 e. The molecule has 0 fully saturated rings. The van der Waals surface area contributed by atoms with Gasteiger partial charge in [-0.05, 0) is 26.7 Å². The Morgan fingerprint density at radius 1 is 0.462 bits per heavy atom. The Bertz CT molecular complexity index is 240. The Morgan fingerprint density at radius 3 is 1.27 bits per heavy atom. The minimum atomic E-state index is 0.343.